The van der Waals surface area contributed by atoms with Gasteiger partial charge in [0, 0.05) is 45.3 Å². The first-order chi connectivity index (χ1) is 15.5. The molecule has 0 saturated carbocycles. The Hall–Kier alpha value is -1.19. The number of hydrogen-bond acceptors (Lipinski definition) is 3. The van der Waals surface area contributed by atoms with Crippen LogP contribution in [-0.4, -0.2) is 75.7 Å². The number of hydrogen-bond donors (Lipinski definition) is 1. The molecule has 0 aliphatic carbocycles. The molecule has 0 aromatic carbocycles. The molecule has 2 fully saturated rings. The number of allylic oxidation sites excluding steroid dienone is 3. The highest BCUT2D eigenvalue weighted by molar-refractivity contribution is 6.78. The Balaban J connectivity index is 0.000000555. The number of amides is 2. The van der Waals surface area contributed by atoms with Crippen molar-refractivity contribution in [2.45, 2.75) is 96.8 Å². The van der Waals surface area contributed by atoms with Crippen molar-refractivity contribution in [3.05, 3.63) is 24.3 Å². The van der Waals surface area contributed by atoms with Crippen LogP contribution in [0.5, 0.6) is 0 Å². The summed E-state index contributed by atoms with van der Waals surface area (Å²) in [5, 5.41) is 7.57. The van der Waals surface area contributed by atoms with E-state index in [4.69, 9.17) is 5.11 Å². The highest BCUT2D eigenvalue weighted by Crippen LogP contribution is 2.23. The van der Waals surface area contributed by atoms with E-state index in [1.54, 1.807) is 13.0 Å². The standard InChI is InChI=1S/C12H25NOSi.C12H21NOSi.C2H6O/c2*1-4-5-6-7-12(14)13-8-10-15(2,3)11-9-13;1-2-3/h4-11H2,1-3H3;4-7H,8-11H2,1-3H3;3H,2H2,1H3/b;5-4+,7-6+;. The van der Waals surface area contributed by atoms with Gasteiger partial charge in [0.25, 0.3) is 0 Å². The third-order valence-corrected chi connectivity index (χ3v) is 12.7. The molecule has 2 heterocycles. The molecule has 2 rings (SSSR count). The van der Waals surface area contributed by atoms with Crippen molar-refractivity contribution in [2.24, 2.45) is 0 Å². The van der Waals surface area contributed by atoms with Gasteiger partial charge in [-0.1, -0.05) is 64.2 Å². The van der Waals surface area contributed by atoms with Gasteiger partial charge in [0.15, 0.2) is 0 Å². The molecule has 1 N–H and O–H groups in total. The minimum Gasteiger partial charge on any atom is -0.397 e. The lowest BCUT2D eigenvalue weighted by Crippen LogP contribution is -2.45. The number of aliphatic hydroxyl groups is 1. The molecule has 0 bridgehead atoms. The van der Waals surface area contributed by atoms with E-state index in [2.05, 4.69) is 38.0 Å². The average molecular weight is 497 g/mol. The molecule has 2 aliphatic rings. The third kappa shape index (κ3) is 15.4. The average Bonchev–Trinajstić information content (AvgIpc) is 2.75. The zero-order valence-corrected chi connectivity index (χ0v) is 24.7. The van der Waals surface area contributed by atoms with E-state index < -0.39 is 16.1 Å². The molecular weight excluding hydrogens is 444 g/mol. The lowest BCUT2D eigenvalue weighted by atomic mass is 10.2. The predicted molar refractivity (Wildman–Crippen MR) is 148 cm³/mol. The van der Waals surface area contributed by atoms with Crippen molar-refractivity contribution >= 4 is 28.0 Å². The van der Waals surface area contributed by atoms with Crippen LogP contribution in [0.2, 0.25) is 50.4 Å². The molecule has 2 saturated heterocycles. The predicted octanol–water partition coefficient (Wildman–Crippen LogP) is 5.79. The highest BCUT2D eigenvalue weighted by atomic mass is 28.3. The van der Waals surface area contributed by atoms with E-state index in [0.29, 0.717) is 5.91 Å². The zero-order chi connectivity index (χ0) is 25.3. The van der Waals surface area contributed by atoms with Gasteiger partial charge in [0.2, 0.25) is 11.8 Å². The Morgan fingerprint density at radius 2 is 1.27 bits per heavy atom. The van der Waals surface area contributed by atoms with Crippen LogP contribution in [-0.2, 0) is 9.59 Å². The van der Waals surface area contributed by atoms with E-state index in [1.165, 1.54) is 37.0 Å². The summed E-state index contributed by atoms with van der Waals surface area (Å²) in [5.74, 6) is 0.561. The topological polar surface area (TPSA) is 60.9 Å². The van der Waals surface area contributed by atoms with E-state index in [9.17, 15) is 9.59 Å². The summed E-state index contributed by atoms with van der Waals surface area (Å²) in [4.78, 5) is 27.6. The summed E-state index contributed by atoms with van der Waals surface area (Å²) >= 11 is 0. The van der Waals surface area contributed by atoms with Gasteiger partial charge in [-0.25, -0.2) is 0 Å². The van der Waals surface area contributed by atoms with Crippen LogP contribution in [0, 0.1) is 0 Å². The Morgan fingerprint density at radius 3 is 1.70 bits per heavy atom. The van der Waals surface area contributed by atoms with Gasteiger partial charge >= 0.3 is 0 Å². The second-order valence-electron chi connectivity index (χ2n) is 10.7. The molecular formula is C26H52N2O3Si2. The molecule has 0 aromatic heterocycles. The van der Waals surface area contributed by atoms with Crippen LogP contribution >= 0.6 is 0 Å². The minimum atomic E-state index is -0.948. The van der Waals surface area contributed by atoms with Crippen molar-refractivity contribution in [3.8, 4) is 0 Å². The van der Waals surface area contributed by atoms with Gasteiger partial charge in [-0.15, -0.1) is 0 Å². The molecule has 0 aromatic rings. The first kappa shape index (κ1) is 31.8. The monoisotopic (exact) mass is 496 g/mol. The van der Waals surface area contributed by atoms with Gasteiger partial charge in [-0.05, 0) is 44.4 Å². The Labute approximate surface area is 206 Å². The van der Waals surface area contributed by atoms with Crippen molar-refractivity contribution in [1.29, 1.82) is 0 Å². The molecule has 0 atom stereocenters. The van der Waals surface area contributed by atoms with E-state index in [0.717, 1.165) is 39.0 Å². The van der Waals surface area contributed by atoms with Crippen LogP contribution < -0.4 is 0 Å². The highest BCUT2D eigenvalue weighted by Gasteiger charge is 2.29. The van der Waals surface area contributed by atoms with E-state index in [1.807, 2.05) is 30.1 Å². The lowest BCUT2D eigenvalue weighted by Gasteiger charge is -2.35. The van der Waals surface area contributed by atoms with Gasteiger partial charge in [-0.3, -0.25) is 9.59 Å². The van der Waals surface area contributed by atoms with Gasteiger partial charge in [-0.2, -0.15) is 0 Å². The van der Waals surface area contributed by atoms with Crippen LogP contribution in [0.4, 0.5) is 0 Å². The van der Waals surface area contributed by atoms with Gasteiger partial charge in [0.1, 0.15) is 0 Å². The fourth-order valence-electron chi connectivity index (χ4n) is 3.73. The van der Waals surface area contributed by atoms with Crippen LogP contribution in [0.3, 0.4) is 0 Å². The molecule has 2 amide bonds. The minimum absolute atomic E-state index is 0.164. The molecule has 2 aliphatic heterocycles. The van der Waals surface area contributed by atoms with Crippen molar-refractivity contribution in [1.82, 2.24) is 9.80 Å². The Kier molecular flexibility index (Phi) is 16.7. The van der Waals surface area contributed by atoms with Crippen LogP contribution in [0.15, 0.2) is 24.3 Å². The molecule has 5 nitrogen and oxygen atoms in total. The zero-order valence-electron chi connectivity index (χ0n) is 22.7. The fraction of sp³-hybridized carbons (Fsp3) is 0.769. The Morgan fingerprint density at radius 1 is 0.818 bits per heavy atom. The number of rotatable bonds is 6. The molecule has 0 unspecified atom stereocenters. The number of carbonyl (C=O) groups excluding carboxylic acids is 2. The number of unbranched alkanes of at least 4 members (excludes halogenated alkanes) is 2. The van der Waals surface area contributed by atoms with Crippen molar-refractivity contribution in [2.75, 3.05) is 32.8 Å². The maximum Gasteiger partial charge on any atom is 0.246 e. The fourth-order valence-corrected chi connectivity index (χ4v) is 7.73. The SMILES string of the molecule is C/C=C/C=C/C(=O)N1CC[Si](C)(C)CC1.CCCCCC(=O)N1CC[Si](C)(C)CC1.CCO. The second kappa shape index (κ2) is 17.3. The lowest BCUT2D eigenvalue weighted by molar-refractivity contribution is -0.131. The first-order valence-electron chi connectivity index (χ1n) is 13.0. The smallest absolute Gasteiger partial charge is 0.246 e. The Bertz CT molecular complexity index is 599. The first-order valence-corrected chi connectivity index (χ1v) is 19.8. The second-order valence-corrected chi connectivity index (χ2v) is 21.3. The normalized spacial score (nSPS) is 19.5. The van der Waals surface area contributed by atoms with E-state index >= 15 is 0 Å². The maximum atomic E-state index is 11.8. The summed E-state index contributed by atoms with van der Waals surface area (Å²) in [6.45, 7) is 19.7. The van der Waals surface area contributed by atoms with Crippen LogP contribution in [0.1, 0.15) is 46.5 Å². The molecule has 0 radical (unpaired) electrons. The van der Waals surface area contributed by atoms with Crippen LogP contribution in [0.25, 0.3) is 0 Å². The van der Waals surface area contributed by atoms with Crippen molar-refractivity contribution < 1.29 is 14.7 Å². The summed E-state index contributed by atoms with van der Waals surface area (Å²) in [5.41, 5.74) is 0. The molecule has 33 heavy (non-hydrogen) atoms. The summed E-state index contributed by atoms with van der Waals surface area (Å²) in [7, 11) is -1.86. The van der Waals surface area contributed by atoms with Crippen molar-refractivity contribution in [3.63, 3.8) is 0 Å². The van der Waals surface area contributed by atoms with Gasteiger partial charge in [0.05, 0.1) is 16.1 Å². The number of aliphatic hydroxyl groups excluding tert-OH is 1. The summed E-state index contributed by atoms with van der Waals surface area (Å²) in [6.07, 6.45) is 11.5. The summed E-state index contributed by atoms with van der Waals surface area (Å²) in [6, 6.07) is 5.09. The molecule has 192 valence electrons. The number of carbonyl (C=O) groups is 2. The van der Waals surface area contributed by atoms with E-state index in [-0.39, 0.29) is 12.5 Å². The molecule has 7 heteroatoms. The third-order valence-electron chi connectivity index (χ3n) is 6.43. The molecule has 0 spiro atoms. The summed E-state index contributed by atoms with van der Waals surface area (Å²) < 4.78 is 0. The quantitative estimate of drug-likeness (QED) is 0.219. The largest absolute Gasteiger partial charge is 0.397 e. The van der Waals surface area contributed by atoms with Gasteiger partial charge < -0.3 is 14.9 Å². The number of nitrogens with zero attached hydrogens (tertiary/aromatic N) is 2. The maximum absolute atomic E-state index is 11.8.